The first kappa shape index (κ1) is 15.5. The SMILES string of the molecule is CON(C)C(=O)[C@]1(C(=O)O)C[C@H]1COCc1ccccc1. The number of hydrogen-bond acceptors (Lipinski definition) is 4. The molecule has 6 nitrogen and oxygen atoms in total. The molecule has 0 aromatic heterocycles. The van der Waals surface area contributed by atoms with Crippen LogP contribution in [0.4, 0.5) is 0 Å². The van der Waals surface area contributed by atoms with Crippen molar-refractivity contribution in [2.45, 2.75) is 13.0 Å². The Hall–Kier alpha value is -1.92. The Morgan fingerprint density at radius 1 is 1.38 bits per heavy atom. The maximum atomic E-state index is 12.1. The molecule has 1 amide bonds. The zero-order valence-corrected chi connectivity index (χ0v) is 12.1. The topological polar surface area (TPSA) is 76.1 Å². The maximum absolute atomic E-state index is 12.1. The summed E-state index contributed by atoms with van der Waals surface area (Å²) in [4.78, 5) is 28.3. The number of carbonyl (C=O) groups excluding carboxylic acids is 1. The van der Waals surface area contributed by atoms with Gasteiger partial charge in [0, 0.05) is 13.0 Å². The highest BCUT2D eigenvalue weighted by molar-refractivity contribution is 6.05. The van der Waals surface area contributed by atoms with Crippen LogP contribution < -0.4 is 0 Å². The van der Waals surface area contributed by atoms with Gasteiger partial charge in [0.25, 0.3) is 5.91 Å². The van der Waals surface area contributed by atoms with Gasteiger partial charge in [-0.2, -0.15) is 0 Å². The van der Waals surface area contributed by atoms with Crippen LogP contribution in [0.1, 0.15) is 12.0 Å². The highest BCUT2D eigenvalue weighted by Crippen LogP contribution is 2.54. The van der Waals surface area contributed by atoms with E-state index in [-0.39, 0.29) is 18.9 Å². The molecule has 21 heavy (non-hydrogen) atoms. The predicted molar refractivity (Wildman–Crippen MR) is 74.1 cm³/mol. The van der Waals surface area contributed by atoms with Gasteiger partial charge in [-0.15, -0.1) is 0 Å². The summed E-state index contributed by atoms with van der Waals surface area (Å²) in [5.74, 6) is -1.97. The number of benzene rings is 1. The van der Waals surface area contributed by atoms with Gasteiger partial charge in [0.2, 0.25) is 0 Å². The molecule has 1 aliphatic carbocycles. The molecular weight excluding hydrogens is 274 g/mol. The van der Waals surface area contributed by atoms with Gasteiger partial charge >= 0.3 is 5.97 Å². The lowest BCUT2D eigenvalue weighted by molar-refractivity contribution is -0.181. The van der Waals surface area contributed by atoms with Gasteiger partial charge in [0.15, 0.2) is 5.41 Å². The Morgan fingerprint density at radius 2 is 2.05 bits per heavy atom. The molecule has 1 aromatic carbocycles. The van der Waals surface area contributed by atoms with Crippen LogP contribution in [-0.4, -0.2) is 42.8 Å². The number of rotatable bonds is 7. The van der Waals surface area contributed by atoms with Crippen LogP contribution >= 0.6 is 0 Å². The lowest BCUT2D eigenvalue weighted by Crippen LogP contribution is -2.39. The van der Waals surface area contributed by atoms with Gasteiger partial charge in [0.05, 0.1) is 20.3 Å². The van der Waals surface area contributed by atoms with E-state index in [1.165, 1.54) is 14.2 Å². The van der Waals surface area contributed by atoms with E-state index in [0.29, 0.717) is 6.61 Å². The molecule has 1 fully saturated rings. The Kier molecular flexibility index (Phi) is 4.59. The van der Waals surface area contributed by atoms with E-state index < -0.39 is 17.3 Å². The summed E-state index contributed by atoms with van der Waals surface area (Å²) in [7, 11) is 2.74. The van der Waals surface area contributed by atoms with Gasteiger partial charge in [-0.05, 0) is 12.0 Å². The number of nitrogens with zero attached hydrogens (tertiary/aromatic N) is 1. The van der Waals surface area contributed by atoms with Crippen LogP contribution in [0.2, 0.25) is 0 Å². The van der Waals surface area contributed by atoms with E-state index in [0.717, 1.165) is 10.6 Å². The first-order chi connectivity index (χ1) is 10.0. The smallest absolute Gasteiger partial charge is 0.319 e. The van der Waals surface area contributed by atoms with Gasteiger partial charge < -0.3 is 9.84 Å². The molecule has 1 N–H and O–H groups in total. The number of hydroxylamine groups is 2. The fraction of sp³-hybridized carbons (Fsp3) is 0.467. The minimum atomic E-state index is -1.40. The number of carbonyl (C=O) groups is 2. The van der Waals surface area contributed by atoms with Crippen LogP contribution in [0.5, 0.6) is 0 Å². The van der Waals surface area contributed by atoms with Gasteiger partial charge in [-0.25, -0.2) is 5.06 Å². The second-order valence-electron chi connectivity index (χ2n) is 5.16. The monoisotopic (exact) mass is 293 g/mol. The number of amides is 1. The first-order valence-electron chi connectivity index (χ1n) is 6.69. The lowest BCUT2D eigenvalue weighted by Gasteiger charge is -2.19. The molecule has 1 aromatic rings. The van der Waals surface area contributed by atoms with Crippen LogP contribution in [0, 0.1) is 11.3 Å². The van der Waals surface area contributed by atoms with Crippen molar-refractivity contribution in [2.24, 2.45) is 11.3 Å². The zero-order valence-electron chi connectivity index (χ0n) is 12.1. The third kappa shape index (κ3) is 3.06. The first-order valence-corrected chi connectivity index (χ1v) is 6.69. The van der Waals surface area contributed by atoms with E-state index in [1.54, 1.807) is 0 Å². The van der Waals surface area contributed by atoms with Gasteiger partial charge in [-0.3, -0.25) is 14.4 Å². The molecule has 6 heteroatoms. The second-order valence-corrected chi connectivity index (χ2v) is 5.16. The van der Waals surface area contributed by atoms with E-state index >= 15 is 0 Å². The molecule has 0 saturated heterocycles. The molecule has 2 atom stereocenters. The summed E-state index contributed by atoms with van der Waals surface area (Å²) in [6.45, 7) is 0.645. The van der Waals surface area contributed by atoms with Crippen molar-refractivity contribution in [3.8, 4) is 0 Å². The summed E-state index contributed by atoms with van der Waals surface area (Å²) in [5.41, 5.74) is -0.388. The molecular formula is C15H19NO5. The van der Waals surface area contributed by atoms with E-state index in [4.69, 9.17) is 9.57 Å². The number of carboxylic acid groups (broad SMARTS) is 1. The Labute approximate surface area is 123 Å². The fourth-order valence-corrected chi connectivity index (χ4v) is 2.40. The minimum absolute atomic E-state index is 0.241. The summed E-state index contributed by atoms with van der Waals surface area (Å²) in [6, 6.07) is 9.60. The Balaban J connectivity index is 1.90. The second kappa shape index (κ2) is 6.24. The van der Waals surface area contributed by atoms with Crippen LogP contribution in [0.15, 0.2) is 30.3 Å². The number of carboxylic acids is 1. The van der Waals surface area contributed by atoms with E-state index in [9.17, 15) is 14.7 Å². The quantitative estimate of drug-likeness (QED) is 0.606. The highest BCUT2D eigenvalue weighted by Gasteiger charge is 2.67. The lowest BCUT2D eigenvalue weighted by atomic mass is 10.0. The van der Waals surface area contributed by atoms with Crippen LogP contribution in [-0.2, 0) is 25.8 Å². The maximum Gasteiger partial charge on any atom is 0.319 e. The molecule has 1 aliphatic rings. The van der Waals surface area contributed by atoms with Crippen molar-refractivity contribution < 1.29 is 24.3 Å². The summed E-state index contributed by atoms with van der Waals surface area (Å²) in [6.07, 6.45) is 0.281. The molecule has 0 unspecified atom stereocenters. The van der Waals surface area contributed by atoms with Crippen LogP contribution in [0.25, 0.3) is 0 Å². The van der Waals surface area contributed by atoms with E-state index in [2.05, 4.69) is 0 Å². The molecule has 0 spiro atoms. The molecule has 0 radical (unpaired) electrons. The van der Waals surface area contributed by atoms with Crippen molar-refractivity contribution in [3.05, 3.63) is 35.9 Å². The third-order valence-corrected chi connectivity index (χ3v) is 3.86. The Morgan fingerprint density at radius 3 is 2.62 bits per heavy atom. The third-order valence-electron chi connectivity index (χ3n) is 3.86. The van der Waals surface area contributed by atoms with Crippen molar-refractivity contribution in [1.82, 2.24) is 5.06 Å². The standard InChI is InChI=1S/C15H19NO5/c1-16(20-2)13(17)15(14(18)19)8-12(15)10-21-9-11-6-4-3-5-7-11/h3-7,12H,8-10H2,1-2H3,(H,18,19)/t12-,15-/m0/s1. The Bertz CT molecular complexity index is 518. The molecule has 114 valence electrons. The number of aliphatic carboxylic acids is 1. The molecule has 0 aliphatic heterocycles. The average Bonchev–Trinajstić information content (AvgIpc) is 3.22. The summed E-state index contributed by atoms with van der Waals surface area (Å²) >= 11 is 0. The highest BCUT2D eigenvalue weighted by atomic mass is 16.7. The summed E-state index contributed by atoms with van der Waals surface area (Å²) < 4.78 is 5.54. The zero-order chi connectivity index (χ0) is 15.5. The van der Waals surface area contributed by atoms with Crippen molar-refractivity contribution in [1.29, 1.82) is 0 Å². The normalized spacial score (nSPS) is 23.6. The fourth-order valence-electron chi connectivity index (χ4n) is 2.40. The molecule has 0 heterocycles. The van der Waals surface area contributed by atoms with Crippen molar-refractivity contribution in [3.63, 3.8) is 0 Å². The number of hydrogen-bond donors (Lipinski definition) is 1. The molecule has 2 rings (SSSR count). The van der Waals surface area contributed by atoms with E-state index in [1.807, 2.05) is 30.3 Å². The molecule has 1 saturated carbocycles. The van der Waals surface area contributed by atoms with Crippen LogP contribution in [0.3, 0.4) is 0 Å². The largest absolute Gasteiger partial charge is 0.480 e. The molecule has 0 bridgehead atoms. The average molecular weight is 293 g/mol. The van der Waals surface area contributed by atoms with Crippen molar-refractivity contribution >= 4 is 11.9 Å². The van der Waals surface area contributed by atoms with Gasteiger partial charge in [0.1, 0.15) is 0 Å². The number of ether oxygens (including phenoxy) is 1. The van der Waals surface area contributed by atoms with Gasteiger partial charge in [-0.1, -0.05) is 30.3 Å². The van der Waals surface area contributed by atoms with Crippen molar-refractivity contribution in [2.75, 3.05) is 20.8 Å². The predicted octanol–water partition coefficient (Wildman–Crippen LogP) is 1.31. The minimum Gasteiger partial charge on any atom is -0.480 e. The summed E-state index contributed by atoms with van der Waals surface area (Å²) in [5, 5.41) is 10.3.